The van der Waals surface area contributed by atoms with Gasteiger partial charge in [-0.3, -0.25) is 5.43 Å². The Morgan fingerprint density at radius 1 is 0.923 bits per heavy atom. The predicted molar refractivity (Wildman–Crippen MR) is 103 cm³/mol. The van der Waals surface area contributed by atoms with E-state index in [-0.39, 0.29) is 0 Å². The zero-order valence-electron chi connectivity index (χ0n) is 14.9. The van der Waals surface area contributed by atoms with Crippen LogP contribution in [-0.4, -0.2) is 30.4 Å². The second-order valence-corrected chi connectivity index (χ2v) is 5.54. The third-order valence-corrected chi connectivity index (χ3v) is 3.71. The number of nitrogens with one attached hydrogen (secondary N) is 1. The Bertz CT molecular complexity index is 911. The van der Waals surface area contributed by atoms with Gasteiger partial charge in [-0.15, -0.1) is 0 Å². The molecular formula is C20H20N4O2. The lowest BCUT2D eigenvalue weighted by Crippen LogP contribution is -1.99. The number of nitrogens with zero attached hydrogens (tertiary/aromatic N) is 3. The van der Waals surface area contributed by atoms with E-state index in [9.17, 15) is 0 Å². The van der Waals surface area contributed by atoms with Crippen molar-refractivity contribution in [3.8, 4) is 22.8 Å². The van der Waals surface area contributed by atoms with Crippen LogP contribution in [0.5, 0.6) is 11.5 Å². The second kappa shape index (κ2) is 8.11. The monoisotopic (exact) mass is 348 g/mol. The van der Waals surface area contributed by atoms with E-state index in [2.05, 4.69) is 20.5 Å². The highest BCUT2D eigenvalue weighted by Gasteiger charge is 2.05. The Labute approximate surface area is 152 Å². The van der Waals surface area contributed by atoms with Crippen LogP contribution in [-0.2, 0) is 0 Å². The highest BCUT2D eigenvalue weighted by Crippen LogP contribution is 2.27. The zero-order valence-corrected chi connectivity index (χ0v) is 14.9. The fourth-order valence-electron chi connectivity index (χ4n) is 2.49. The SMILES string of the molecule is COc1ccc(C=NNc2cc(-c3ccccc3)nc(C)n2)cc1OC. The summed E-state index contributed by atoms with van der Waals surface area (Å²) in [5.41, 5.74) is 5.72. The molecule has 0 fully saturated rings. The first-order valence-corrected chi connectivity index (χ1v) is 8.12. The number of benzene rings is 2. The van der Waals surface area contributed by atoms with E-state index in [1.165, 1.54) is 0 Å². The molecule has 6 heteroatoms. The topological polar surface area (TPSA) is 68.6 Å². The molecule has 0 radical (unpaired) electrons. The van der Waals surface area contributed by atoms with Crippen LogP contribution >= 0.6 is 0 Å². The summed E-state index contributed by atoms with van der Waals surface area (Å²) in [6.07, 6.45) is 1.70. The minimum atomic E-state index is 0.632. The first kappa shape index (κ1) is 17.4. The van der Waals surface area contributed by atoms with Gasteiger partial charge in [-0.2, -0.15) is 5.10 Å². The van der Waals surface area contributed by atoms with Crippen molar-refractivity contribution in [3.05, 3.63) is 66.0 Å². The van der Waals surface area contributed by atoms with Gasteiger partial charge in [-0.25, -0.2) is 9.97 Å². The van der Waals surface area contributed by atoms with Crippen molar-refractivity contribution in [2.75, 3.05) is 19.6 Å². The molecule has 6 nitrogen and oxygen atoms in total. The van der Waals surface area contributed by atoms with Crippen LogP contribution in [0.2, 0.25) is 0 Å². The van der Waals surface area contributed by atoms with Gasteiger partial charge >= 0.3 is 0 Å². The first-order valence-electron chi connectivity index (χ1n) is 8.12. The molecule has 0 unspecified atom stereocenters. The van der Waals surface area contributed by atoms with Crippen molar-refractivity contribution in [1.29, 1.82) is 0 Å². The van der Waals surface area contributed by atoms with Gasteiger partial charge in [0.2, 0.25) is 0 Å². The van der Waals surface area contributed by atoms with Gasteiger partial charge in [0.25, 0.3) is 0 Å². The van der Waals surface area contributed by atoms with Crippen LogP contribution < -0.4 is 14.9 Å². The van der Waals surface area contributed by atoms with Crippen LogP contribution in [0.3, 0.4) is 0 Å². The van der Waals surface area contributed by atoms with E-state index in [1.807, 2.05) is 61.5 Å². The van der Waals surface area contributed by atoms with Gasteiger partial charge in [-0.1, -0.05) is 30.3 Å². The molecular weight excluding hydrogens is 328 g/mol. The molecule has 0 aliphatic rings. The number of hydrogen-bond donors (Lipinski definition) is 1. The highest BCUT2D eigenvalue weighted by molar-refractivity contribution is 5.81. The molecule has 1 heterocycles. The fourth-order valence-corrected chi connectivity index (χ4v) is 2.49. The number of hydrazone groups is 1. The summed E-state index contributed by atoms with van der Waals surface area (Å²) in [5, 5.41) is 4.26. The number of rotatable bonds is 6. The van der Waals surface area contributed by atoms with Crippen LogP contribution in [0.15, 0.2) is 59.7 Å². The summed E-state index contributed by atoms with van der Waals surface area (Å²) in [6, 6.07) is 17.4. The molecule has 2 aromatic carbocycles. The van der Waals surface area contributed by atoms with Crippen LogP contribution in [0.4, 0.5) is 5.82 Å². The summed E-state index contributed by atoms with van der Waals surface area (Å²) >= 11 is 0. The van der Waals surface area contributed by atoms with Gasteiger partial charge in [0.05, 0.1) is 26.1 Å². The van der Waals surface area contributed by atoms with Crippen molar-refractivity contribution in [2.45, 2.75) is 6.92 Å². The predicted octanol–water partition coefficient (Wildman–Crippen LogP) is 3.92. The van der Waals surface area contributed by atoms with Gasteiger partial charge < -0.3 is 9.47 Å². The lowest BCUT2D eigenvalue weighted by molar-refractivity contribution is 0.355. The van der Waals surface area contributed by atoms with Crippen molar-refractivity contribution < 1.29 is 9.47 Å². The van der Waals surface area contributed by atoms with Crippen LogP contribution in [0, 0.1) is 6.92 Å². The van der Waals surface area contributed by atoms with Crippen molar-refractivity contribution in [3.63, 3.8) is 0 Å². The summed E-state index contributed by atoms with van der Waals surface area (Å²) < 4.78 is 10.5. The quantitative estimate of drug-likeness (QED) is 0.540. The summed E-state index contributed by atoms with van der Waals surface area (Å²) in [7, 11) is 3.21. The molecule has 1 N–H and O–H groups in total. The Morgan fingerprint density at radius 2 is 1.69 bits per heavy atom. The average molecular weight is 348 g/mol. The van der Waals surface area contributed by atoms with E-state index in [1.54, 1.807) is 20.4 Å². The molecule has 0 aliphatic heterocycles. The molecule has 0 aliphatic carbocycles. The second-order valence-electron chi connectivity index (χ2n) is 5.54. The van der Waals surface area contributed by atoms with Crippen molar-refractivity contribution in [1.82, 2.24) is 9.97 Å². The molecule has 0 saturated carbocycles. The molecule has 0 bridgehead atoms. The Balaban J connectivity index is 1.77. The lowest BCUT2D eigenvalue weighted by Gasteiger charge is -2.08. The van der Waals surface area contributed by atoms with Crippen LogP contribution in [0.1, 0.15) is 11.4 Å². The number of anilines is 1. The average Bonchev–Trinajstić information content (AvgIpc) is 2.68. The molecule has 1 aromatic heterocycles. The van der Waals surface area contributed by atoms with Gasteiger partial charge in [0.1, 0.15) is 11.6 Å². The molecule has 3 rings (SSSR count). The summed E-state index contributed by atoms with van der Waals surface area (Å²) in [4.78, 5) is 8.85. The number of hydrogen-bond acceptors (Lipinski definition) is 6. The summed E-state index contributed by atoms with van der Waals surface area (Å²) in [6.45, 7) is 1.86. The number of methoxy groups -OCH3 is 2. The van der Waals surface area contributed by atoms with Gasteiger partial charge in [0, 0.05) is 11.6 Å². The maximum atomic E-state index is 5.29. The molecule has 0 spiro atoms. The maximum Gasteiger partial charge on any atom is 0.161 e. The number of aromatic nitrogens is 2. The van der Waals surface area contributed by atoms with E-state index in [0.717, 1.165) is 16.8 Å². The highest BCUT2D eigenvalue weighted by atomic mass is 16.5. The largest absolute Gasteiger partial charge is 0.493 e. The third kappa shape index (κ3) is 4.16. The summed E-state index contributed by atoms with van der Waals surface area (Å²) in [5.74, 6) is 2.64. The first-order chi connectivity index (χ1) is 12.7. The molecule has 3 aromatic rings. The Hall–Kier alpha value is -3.41. The standard InChI is InChI=1S/C20H20N4O2/c1-14-22-17(16-7-5-4-6-8-16)12-20(23-14)24-21-13-15-9-10-18(25-2)19(11-15)26-3/h4-13H,1-3H3,(H,22,23,24). The smallest absolute Gasteiger partial charge is 0.161 e. The fraction of sp³-hybridized carbons (Fsp3) is 0.150. The Kier molecular flexibility index (Phi) is 5.43. The van der Waals surface area contributed by atoms with E-state index in [4.69, 9.17) is 9.47 Å². The lowest BCUT2D eigenvalue weighted by atomic mass is 10.1. The third-order valence-electron chi connectivity index (χ3n) is 3.71. The maximum absolute atomic E-state index is 5.29. The minimum absolute atomic E-state index is 0.632. The van der Waals surface area contributed by atoms with Gasteiger partial charge in [0.15, 0.2) is 11.5 Å². The van der Waals surface area contributed by atoms with E-state index < -0.39 is 0 Å². The normalized spacial score (nSPS) is 10.7. The molecule has 0 atom stereocenters. The molecule has 132 valence electrons. The molecule has 0 saturated heterocycles. The molecule has 26 heavy (non-hydrogen) atoms. The van der Waals surface area contributed by atoms with E-state index in [0.29, 0.717) is 23.1 Å². The van der Waals surface area contributed by atoms with Gasteiger partial charge in [-0.05, 0) is 30.7 Å². The minimum Gasteiger partial charge on any atom is -0.493 e. The number of aryl methyl sites for hydroxylation is 1. The molecule has 0 amide bonds. The number of ether oxygens (including phenoxy) is 2. The van der Waals surface area contributed by atoms with Crippen molar-refractivity contribution >= 4 is 12.0 Å². The van der Waals surface area contributed by atoms with E-state index >= 15 is 0 Å². The Morgan fingerprint density at radius 3 is 2.42 bits per heavy atom. The van der Waals surface area contributed by atoms with Crippen LogP contribution in [0.25, 0.3) is 11.3 Å². The zero-order chi connectivity index (χ0) is 18.4. The van der Waals surface area contributed by atoms with Crippen molar-refractivity contribution in [2.24, 2.45) is 5.10 Å².